The number of carboxylic acid groups (broad SMARTS) is 1. The number of aromatic amines is 1. The Morgan fingerprint density at radius 2 is 1.76 bits per heavy atom. The third-order valence-corrected chi connectivity index (χ3v) is 5.13. The molecule has 0 bridgehead atoms. The van der Waals surface area contributed by atoms with Gasteiger partial charge in [-0.05, 0) is 28.8 Å². The molecule has 0 spiro atoms. The zero-order chi connectivity index (χ0) is 23.4. The summed E-state index contributed by atoms with van der Waals surface area (Å²) in [6.45, 7) is 0.561. The molecule has 33 heavy (non-hydrogen) atoms. The lowest BCUT2D eigenvalue weighted by Gasteiger charge is -2.07. The van der Waals surface area contributed by atoms with Gasteiger partial charge in [0.2, 0.25) is 0 Å². The van der Waals surface area contributed by atoms with E-state index in [1.54, 1.807) is 12.1 Å². The van der Waals surface area contributed by atoms with Gasteiger partial charge >= 0.3 is 5.97 Å². The molecule has 0 aliphatic rings. The van der Waals surface area contributed by atoms with Crippen LogP contribution < -0.4 is 10.6 Å². The second-order valence-electron chi connectivity index (χ2n) is 7.19. The Kier molecular flexibility index (Phi) is 6.45. The van der Waals surface area contributed by atoms with Crippen LogP contribution in [0.4, 0.5) is 10.2 Å². The van der Waals surface area contributed by atoms with E-state index in [0.29, 0.717) is 34.5 Å². The molecule has 1 amide bonds. The summed E-state index contributed by atoms with van der Waals surface area (Å²) in [5, 5.41) is 21.7. The van der Waals surface area contributed by atoms with Gasteiger partial charge in [-0.25, -0.2) is 14.4 Å². The molecule has 9 nitrogen and oxygen atoms in total. The Bertz CT molecular complexity index is 1330. The summed E-state index contributed by atoms with van der Waals surface area (Å²) >= 11 is 5.78. The number of fused-ring (bicyclic) bond motifs is 1. The Labute approximate surface area is 192 Å². The van der Waals surface area contributed by atoms with Gasteiger partial charge < -0.3 is 15.7 Å². The summed E-state index contributed by atoms with van der Waals surface area (Å²) in [6.07, 6.45) is 1.24. The van der Waals surface area contributed by atoms with Gasteiger partial charge in [-0.2, -0.15) is 5.10 Å². The SMILES string of the molecule is O=C(O)Cc1ccc(CNc2n[nH]c3c(C(=O)NCc4ccc(F)c(Cl)c4)ncnc23)cc1. The van der Waals surface area contributed by atoms with E-state index in [-0.39, 0.29) is 23.7 Å². The number of rotatable bonds is 8. The van der Waals surface area contributed by atoms with Crippen molar-refractivity contribution in [2.24, 2.45) is 0 Å². The molecule has 11 heteroatoms. The van der Waals surface area contributed by atoms with Crippen LogP contribution in [-0.4, -0.2) is 37.1 Å². The first kappa shape index (κ1) is 22.2. The van der Waals surface area contributed by atoms with Crippen LogP contribution in [0.3, 0.4) is 0 Å². The van der Waals surface area contributed by atoms with Crippen molar-refractivity contribution in [2.75, 3.05) is 5.32 Å². The average Bonchev–Trinajstić information content (AvgIpc) is 3.22. The van der Waals surface area contributed by atoms with Gasteiger partial charge in [0.05, 0.1) is 11.4 Å². The van der Waals surface area contributed by atoms with Gasteiger partial charge in [0.1, 0.15) is 23.2 Å². The smallest absolute Gasteiger partial charge is 0.307 e. The first-order valence-electron chi connectivity index (χ1n) is 9.85. The van der Waals surface area contributed by atoms with Gasteiger partial charge in [0.25, 0.3) is 5.91 Å². The molecule has 2 aromatic carbocycles. The number of nitrogens with one attached hydrogen (secondary N) is 3. The Balaban J connectivity index is 1.44. The summed E-state index contributed by atoms with van der Waals surface area (Å²) in [6, 6.07) is 11.4. The molecule has 0 aliphatic heterocycles. The Morgan fingerprint density at radius 3 is 2.48 bits per heavy atom. The number of hydrogen-bond donors (Lipinski definition) is 4. The van der Waals surface area contributed by atoms with E-state index >= 15 is 0 Å². The van der Waals surface area contributed by atoms with Gasteiger partial charge in [0, 0.05) is 13.1 Å². The van der Waals surface area contributed by atoms with Crippen molar-refractivity contribution in [3.05, 3.63) is 82.0 Å². The van der Waals surface area contributed by atoms with Crippen molar-refractivity contribution in [3.63, 3.8) is 0 Å². The summed E-state index contributed by atoms with van der Waals surface area (Å²) in [7, 11) is 0. The normalized spacial score (nSPS) is 10.8. The first-order valence-corrected chi connectivity index (χ1v) is 10.2. The number of H-pyrrole nitrogens is 1. The Morgan fingerprint density at radius 1 is 1.03 bits per heavy atom. The number of halogens is 2. The van der Waals surface area contributed by atoms with Crippen molar-refractivity contribution in [1.29, 1.82) is 0 Å². The lowest BCUT2D eigenvalue weighted by molar-refractivity contribution is -0.136. The highest BCUT2D eigenvalue weighted by Crippen LogP contribution is 2.21. The minimum Gasteiger partial charge on any atom is -0.481 e. The molecule has 0 saturated carbocycles. The van der Waals surface area contributed by atoms with E-state index in [9.17, 15) is 14.0 Å². The van der Waals surface area contributed by atoms with Crippen molar-refractivity contribution in [1.82, 2.24) is 25.5 Å². The molecule has 168 valence electrons. The molecule has 4 N–H and O–H groups in total. The van der Waals surface area contributed by atoms with E-state index in [1.165, 1.54) is 24.5 Å². The maximum absolute atomic E-state index is 13.3. The van der Waals surface area contributed by atoms with Crippen LogP contribution >= 0.6 is 11.6 Å². The average molecular weight is 469 g/mol. The summed E-state index contributed by atoms with van der Waals surface area (Å²) in [4.78, 5) is 31.7. The van der Waals surface area contributed by atoms with Crippen molar-refractivity contribution in [2.45, 2.75) is 19.5 Å². The number of benzene rings is 2. The standard InChI is InChI=1S/C22H18ClFN6O3/c23-15-7-14(5-6-16(15)24)10-26-22(33)20-18-19(27-11-28-20)21(30-29-18)25-9-13-3-1-12(2-4-13)8-17(31)32/h1-7,11H,8-10H2,(H,26,33)(H,31,32)(H2,25,29,30). The minimum atomic E-state index is -0.884. The van der Waals surface area contributed by atoms with Crippen molar-refractivity contribution >= 4 is 40.3 Å². The molecular weight excluding hydrogens is 451 g/mol. The number of carbonyl (C=O) groups excluding carboxylic acids is 1. The summed E-state index contributed by atoms with van der Waals surface area (Å²) < 4.78 is 13.3. The van der Waals surface area contributed by atoms with Gasteiger partial charge in [0.15, 0.2) is 11.5 Å². The Hall–Kier alpha value is -4.05. The predicted molar refractivity (Wildman–Crippen MR) is 119 cm³/mol. The molecule has 4 rings (SSSR count). The third-order valence-electron chi connectivity index (χ3n) is 4.84. The number of nitrogens with zero attached hydrogens (tertiary/aromatic N) is 3. The molecule has 2 heterocycles. The van der Waals surface area contributed by atoms with Crippen molar-refractivity contribution in [3.8, 4) is 0 Å². The number of amides is 1. The molecule has 4 aromatic rings. The highest BCUT2D eigenvalue weighted by molar-refractivity contribution is 6.30. The fourth-order valence-electron chi connectivity index (χ4n) is 3.18. The fourth-order valence-corrected chi connectivity index (χ4v) is 3.39. The molecule has 2 aromatic heterocycles. The number of carboxylic acids is 1. The third kappa shape index (κ3) is 5.24. The van der Waals surface area contributed by atoms with Crippen LogP contribution in [0.2, 0.25) is 5.02 Å². The molecule has 0 unspecified atom stereocenters. The van der Waals surface area contributed by atoms with Gasteiger partial charge in [-0.3, -0.25) is 14.7 Å². The van der Waals surface area contributed by atoms with Gasteiger partial charge in [-0.1, -0.05) is 41.9 Å². The van der Waals surface area contributed by atoms with Gasteiger partial charge in [-0.15, -0.1) is 0 Å². The van der Waals surface area contributed by atoms with E-state index in [2.05, 4.69) is 30.8 Å². The monoisotopic (exact) mass is 468 g/mol. The van der Waals surface area contributed by atoms with Crippen molar-refractivity contribution < 1.29 is 19.1 Å². The molecular formula is C22H18ClFN6O3. The second kappa shape index (κ2) is 9.61. The molecule has 0 radical (unpaired) electrons. The molecule has 0 atom stereocenters. The van der Waals surface area contributed by atoms with Crippen LogP contribution in [0.5, 0.6) is 0 Å². The summed E-state index contributed by atoms with van der Waals surface area (Å²) in [5.41, 5.74) is 3.20. The number of anilines is 1. The lowest BCUT2D eigenvalue weighted by atomic mass is 10.1. The quantitative estimate of drug-likeness (QED) is 0.312. The summed E-state index contributed by atoms with van der Waals surface area (Å²) in [5.74, 6) is -1.42. The van der Waals surface area contributed by atoms with E-state index in [4.69, 9.17) is 16.7 Å². The lowest BCUT2D eigenvalue weighted by Crippen LogP contribution is -2.24. The zero-order valence-electron chi connectivity index (χ0n) is 17.1. The van der Waals surface area contributed by atoms with Crippen LogP contribution in [-0.2, 0) is 24.3 Å². The minimum absolute atomic E-state index is 0.0213. The maximum atomic E-state index is 13.3. The first-order chi connectivity index (χ1) is 15.9. The number of aliphatic carboxylic acids is 1. The maximum Gasteiger partial charge on any atom is 0.307 e. The molecule has 0 aliphatic carbocycles. The molecule has 0 saturated heterocycles. The van der Waals surface area contributed by atoms with Crippen LogP contribution in [0.15, 0.2) is 48.8 Å². The van der Waals surface area contributed by atoms with Crippen LogP contribution in [0.1, 0.15) is 27.2 Å². The number of aromatic nitrogens is 4. The highest BCUT2D eigenvalue weighted by atomic mass is 35.5. The van der Waals surface area contributed by atoms with Crippen LogP contribution in [0, 0.1) is 5.82 Å². The largest absolute Gasteiger partial charge is 0.481 e. The van der Waals surface area contributed by atoms with E-state index in [1.807, 2.05) is 12.1 Å². The van der Waals surface area contributed by atoms with Crippen LogP contribution in [0.25, 0.3) is 11.0 Å². The highest BCUT2D eigenvalue weighted by Gasteiger charge is 2.17. The topological polar surface area (TPSA) is 133 Å². The second-order valence-corrected chi connectivity index (χ2v) is 7.60. The number of hydrogen-bond acceptors (Lipinski definition) is 6. The van der Waals surface area contributed by atoms with E-state index in [0.717, 1.165) is 5.56 Å². The predicted octanol–water partition coefficient (Wildman–Crippen LogP) is 3.31. The molecule has 0 fully saturated rings. The fraction of sp³-hybridized carbons (Fsp3) is 0.136. The van der Waals surface area contributed by atoms with E-state index < -0.39 is 17.7 Å². The number of carbonyl (C=O) groups is 2. The zero-order valence-corrected chi connectivity index (χ0v) is 17.9.